The topological polar surface area (TPSA) is 117 Å². The quantitative estimate of drug-likeness (QED) is 0.410. The van der Waals surface area contributed by atoms with Gasteiger partial charge in [-0.2, -0.15) is 0 Å². The van der Waals surface area contributed by atoms with E-state index in [2.05, 4.69) is 15.9 Å². The van der Waals surface area contributed by atoms with Crippen LogP contribution in [-0.2, 0) is 16.6 Å². The number of benzene rings is 2. The molecule has 0 unspecified atom stereocenters. The molecule has 0 atom stereocenters. The van der Waals surface area contributed by atoms with Crippen molar-refractivity contribution in [1.29, 1.82) is 0 Å². The van der Waals surface area contributed by atoms with Gasteiger partial charge in [-0.15, -0.1) is 0 Å². The van der Waals surface area contributed by atoms with Gasteiger partial charge in [-0.3, -0.25) is 18.6 Å². The van der Waals surface area contributed by atoms with Gasteiger partial charge in [-0.25, -0.2) is 0 Å². The standard InChI is InChI=1S/C25H27N3O6S.H2/c1-32-19-5-3-6-20(33-2)23(19)35(30,31)27-24-17-14-25(10-11-25)18-9-8-15(28-12-4-7-21(28)29)13-16(18)22(17)34-26-24;/h3,5-6,8-9,13,30-31H,4,7,10-12,14H2,1-2H3,(H,26,27);1H. The first-order chi connectivity index (χ1) is 16.9. The molecule has 9 nitrogen and oxygen atoms in total. The minimum Gasteiger partial charge on any atom is -0.495 e. The van der Waals surface area contributed by atoms with Gasteiger partial charge < -0.3 is 18.9 Å². The molecule has 1 aliphatic heterocycles. The Hall–Kier alpha value is -3.21. The minimum atomic E-state index is -3.60. The van der Waals surface area contributed by atoms with Crippen LogP contribution in [0.25, 0.3) is 11.3 Å². The molecule has 3 aliphatic rings. The molecule has 0 bridgehead atoms. The maximum atomic E-state index is 12.3. The number of hydrogen-bond acceptors (Lipinski definition) is 8. The van der Waals surface area contributed by atoms with E-state index in [1.165, 1.54) is 19.8 Å². The summed E-state index contributed by atoms with van der Waals surface area (Å²) in [4.78, 5) is 14.3. The summed E-state index contributed by atoms with van der Waals surface area (Å²) in [6, 6.07) is 11.1. The Bertz CT molecular complexity index is 1320. The summed E-state index contributed by atoms with van der Waals surface area (Å²) in [6.07, 6.45) is 4.16. The zero-order valence-electron chi connectivity index (χ0n) is 19.5. The third-order valence-electron chi connectivity index (χ3n) is 7.27. The molecule has 186 valence electrons. The summed E-state index contributed by atoms with van der Waals surface area (Å²) in [5.41, 5.74) is 3.73. The van der Waals surface area contributed by atoms with E-state index in [9.17, 15) is 13.9 Å². The third kappa shape index (κ3) is 3.47. The van der Waals surface area contributed by atoms with Crippen molar-refractivity contribution in [3.8, 4) is 22.8 Å². The fraction of sp³-hybridized carbons (Fsp3) is 0.360. The van der Waals surface area contributed by atoms with Crippen LogP contribution in [0.15, 0.2) is 45.8 Å². The van der Waals surface area contributed by atoms with Gasteiger partial charge in [0.2, 0.25) is 5.91 Å². The lowest BCUT2D eigenvalue weighted by Gasteiger charge is -2.35. The molecule has 1 spiro atoms. The number of nitrogens with zero attached hydrogens (tertiary/aromatic N) is 2. The molecule has 35 heavy (non-hydrogen) atoms. The molecule has 2 fully saturated rings. The van der Waals surface area contributed by atoms with Crippen LogP contribution in [0.4, 0.5) is 11.5 Å². The Kier molecular flexibility index (Phi) is 5.03. The summed E-state index contributed by atoms with van der Waals surface area (Å²) in [6.45, 7) is 0.709. The second kappa shape index (κ2) is 7.91. The van der Waals surface area contributed by atoms with Crippen molar-refractivity contribution in [2.45, 2.75) is 42.4 Å². The first-order valence-corrected chi connectivity index (χ1v) is 13.1. The predicted octanol–water partition coefficient (Wildman–Crippen LogP) is 5.46. The van der Waals surface area contributed by atoms with Crippen LogP contribution in [0, 0.1) is 0 Å². The van der Waals surface area contributed by atoms with Crippen molar-refractivity contribution in [3.63, 3.8) is 0 Å². The summed E-state index contributed by atoms with van der Waals surface area (Å²) in [7, 11) is -0.679. The Balaban J connectivity index is 0.00000267. The third-order valence-corrected chi connectivity index (χ3v) is 8.72. The lowest BCUT2D eigenvalue weighted by Crippen LogP contribution is -2.24. The highest BCUT2D eigenvalue weighted by Gasteiger charge is 2.51. The van der Waals surface area contributed by atoms with E-state index in [0.717, 1.165) is 36.1 Å². The smallest absolute Gasteiger partial charge is 0.227 e. The second-order valence-corrected chi connectivity index (χ2v) is 11.0. The van der Waals surface area contributed by atoms with E-state index in [-0.39, 0.29) is 35.0 Å². The van der Waals surface area contributed by atoms with Gasteiger partial charge in [0.15, 0.2) is 16.5 Å². The molecule has 2 aliphatic carbocycles. The maximum Gasteiger partial charge on any atom is 0.227 e. The molecule has 1 amide bonds. The molecular weight excluding hydrogens is 470 g/mol. The number of nitrogens with one attached hydrogen (secondary N) is 1. The molecule has 3 N–H and O–H groups in total. The number of anilines is 2. The van der Waals surface area contributed by atoms with Crippen molar-refractivity contribution in [1.82, 2.24) is 5.16 Å². The van der Waals surface area contributed by atoms with Crippen LogP contribution in [0.5, 0.6) is 11.5 Å². The second-order valence-electron chi connectivity index (χ2n) is 9.32. The van der Waals surface area contributed by atoms with Crippen LogP contribution in [0.1, 0.15) is 38.2 Å². The lowest BCUT2D eigenvalue weighted by molar-refractivity contribution is -0.117. The van der Waals surface area contributed by atoms with E-state index in [1.54, 1.807) is 18.2 Å². The van der Waals surface area contributed by atoms with Gasteiger partial charge in [0.25, 0.3) is 0 Å². The molecule has 1 saturated heterocycles. The summed E-state index contributed by atoms with van der Waals surface area (Å²) in [5.74, 6) is 1.58. The van der Waals surface area contributed by atoms with Gasteiger partial charge in [0.1, 0.15) is 11.5 Å². The first-order valence-electron chi connectivity index (χ1n) is 11.6. The van der Waals surface area contributed by atoms with Crippen LogP contribution in [0.2, 0.25) is 0 Å². The van der Waals surface area contributed by atoms with Crippen molar-refractivity contribution in [2.24, 2.45) is 0 Å². The Morgan fingerprint density at radius 3 is 2.54 bits per heavy atom. The minimum absolute atomic E-state index is 0. The van der Waals surface area contributed by atoms with E-state index in [1.807, 2.05) is 17.0 Å². The molecule has 2 aromatic carbocycles. The van der Waals surface area contributed by atoms with Crippen molar-refractivity contribution >= 4 is 28.2 Å². The first kappa shape index (κ1) is 22.3. The SMILES string of the molecule is COc1cccc(OC)c1S(O)(O)Nc1noc2c1CC1(CC1)c1ccc(N3CCCC3=O)cc1-2.[HH]. The molecule has 0 radical (unpaired) electrons. The highest BCUT2D eigenvalue weighted by Crippen LogP contribution is 2.61. The molecule has 1 aromatic heterocycles. The fourth-order valence-corrected chi connectivity index (χ4v) is 6.75. The van der Waals surface area contributed by atoms with Gasteiger partial charge >= 0.3 is 0 Å². The number of amides is 1. The molecule has 10 heteroatoms. The Morgan fingerprint density at radius 2 is 1.91 bits per heavy atom. The van der Waals surface area contributed by atoms with E-state index < -0.39 is 10.8 Å². The average molecular weight is 500 g/mol. The molecule has 2 heterocycles. The largest absolute Gasteiger partial charge is 0.495 e. The average Bonchev–Trinajstić information content (AvgIpc) is 3.32. The van der Waals surface area contributed by atoms with Crippen molar-refractivity contribution < 1.29 is 29.3 Å². The lowest BCUT2D eigenvalue weighted by atomic mass is 9.79. The van der Waals surface area contributed by atoms with Crippen molar-refractivity contribution in [3.05, 3.63) is 47.5 Å². The van der Waals surface area contributed by atoms with Gasteiger partial charge in [-0.1, -0.05) is 28.1 Å². The number of hydrogen-bond donors (Lipinski definition) is 3. The van der Waals surface area contributed by atoms with Crippen LogP contribution in [0.3, 0.4) is 0 Å². The highest BCUT2D eigenvalue weighted by molar-refractivity contribution is 8.25. The Morgan fingerprint density at radius 1 is 1.17 bits per heavy atom. The predicted molar refractivity (Wildman–Crippen MR) is 135 cm³/mol. The summed E-state index contributed by atoms with van der Waals surface area (Å²) < 4.78 is 41.7. The monoisotopic (exact) mass is 499 g/mol. The summed E-state index contributed by atoms with van der Waals surface area (Å²) in [5, 5.41) is 4.21. The molecule has 3 aromatic rings. The normalized spacial score (nSPS) is 18.3. The van der Waals surface area contributed by atoms with E-state index in [0.29, 0.717) is 25.1 Å². The fourth-order valence-electron chi connectivity index (χ4n) is 5.35. The van der Waals surface area contributed by atoms with E-state index in [4.69, 9.17) is 14.0 Å². The summed E-state index contributed by atoms with van der Waals surface area (Å²) >= 11 is 0. The van der Waals surface area contributed by atoms with E-state index >= 15 is 0 Å². The number of ether oxygens (including phenoxy) is 2. The number of carbonyl (C=O) groups excluding carboxylic acids is 1. The van der Waals surface area contributed by atoms with Crippen molar-refractivity contribution in [2.75, 3.05) is 30.4 Å². The highest BCUT2D eigenvalue weighted by atomic mass is 32.3. The molecule has 6 rings (SSSR count). The van der Waals surface area contributed by atoms with Gasteiger partial charge in [0.05, 0.1) is 14.2 Å². The zero-order valence-corrected chi connectivity index (χ0v) is 20.4. The number of rotatable bonds is 6. The molecule has 1 saturated carbocycles. The number of carbonyl (C=O) groups is 1. The maximum absolute atomic E-state index is 12.3. The molecular formula is C25H29N3O6S. The van der Waals surface area contributed by atoms with Gasteiger partial charge in [-0.05, 0) is 55.5 Å². The van der Waals surface area contributed by atoms with Crippen LogP contribution in [-0.4, -0.2) is 40.9 Å². The number of fused-ring (bicyclic) bond motifs is 4. The zero-order chi connectivity index (χ0) is 24.4. The number of methoxy groups -OCH3 is 2. The van der Waals surface area contributed by atoms with Crippen LogP contribution >= 0.6 is 10.8 Å². The Labute approximate surface area is 206 Å². The van der Waals surface area contributed by atoms with Crippen LogP contribution < -0.4 is 19.1 Å². The number of aromatic nitrogens is 1. The van der Waals surface area contributed by atoms with Gasteiger partial charge in [0, 0.05) is 36.6 Å².